The monoisotopic (exact) mass is 446 g/mol. The summed E-state index contributed by atoms with van der Waals surface area (Å²) in [5.41, 5.74) is 4.00. The minimum Gasteiger partial charge on any atom is -0.355 e. The maximum atomic E-state index is 13.5. The molecule has 0 aliphatic heterocycles. The number of benzene rings is 3. The minimum atomic E-state index is -0.664. The Labute approximate surface area is 195 Å². The zero-order chi connectivity index (χ0) is 23.6. The molecular weight excluding hydrogens is 415 g/mol. The summed E-state index contributed by atoms with van der Waals surface area (Å²) in [4.78, 5) is 28.2. The molecule has 0 saturated carbocycles. The van der Waals surface area contributed by atoms with Crippen LogP contribution in [0.4, 0.5) is 4.39 Å². The highest BCUT2D eigenvalue weighted by atomic mass is 19.1. The van der Waals surface area contributed by atoms with Crippen molar-refractivity contribution in [1.82, 2.24) is 10.2 Å². The van der Waals surface area contributed by atoms with Gasteiger partial charge >= 0.3 is 0 Å². The summed E-state index contributed by atoms with van der Waals surface area (Å²) < 4.78 is 13.4. The number of rotatable bonds is 10. The van der Waals surface area contributed by atoms with Crippen LogP contribution in [0, 0.1) is 12.7 Å². The number of carbonyl (C=O) groups excluding carboxylic acids is 2. The zero-order valence-corrected chi connectivity index (χ0v) is 19.3. The first-order valence-electron chi connectivity index (χ1n) is 11.4. The molecule has 0 heterocycles. The van der Waals surface area contributed by atoms with E-state index in [1.807, 2.05) is 68.4 Å². The van der Waals surface area contributed by atoms with Crippen molar-refractivity contribution in [2.75, 3.05) is 6.54 Å². The molecular formula is C28H31FN2O2. The topological polar surface area (TPSA) is 49.4 Å². The van der Waals surface area contributed by atoms with Crippen LogP contribution in [0.2, 0.25) is 0 Å². The van der Waals surface area contributed by atoms with Crippen LogP contribution in [-0.4, -0.2) is 29.3 Å². The van der Waals surface area contributed by atoms with E-state index in [2.05, 4.69) is 5.32 Å². The van der Waals surface area contributed by atoms with Crippen molar-refractivity contribution in [3.05, 3.63) is 107 Å². The molecule has 4 nitrogen and oxygen atoms in total. The quantitative estimate of drug-likeness (QED) is 0.484. The van der Waals surface area contributed by atoms with Crippen molar-refractivity contribution >= 4 is 11.8 Å². The Hall–Kier alpha value is -3.47. The molecule has 1 atom stereocenters. The van der Waals surface area contributed by atoms with Gasteiger partial charge in [-0.1, -0.05) is 72.3 Å². The number of halogens is 1. The highest BCUT2D eigenvalue weighted by Gasteiger charge is 2.29. The third kappa shape index (κ3) is 7.28. The van der Waals surface area contributed by atoms with E-state index in [4.69, 9.17) is 0 Å². The Balaban J connectivity index is 1.87. The lowest BCUT2D eigenvalue weighted by Crippen LogP contribution is -2.50. The molecule has 0 aromatic heterocycles. The molecule has 1 N–H and O–H groups in total. The van der Waals surface area contributed by atoms with Crippen LogP contribution >= 0.6 is 0 Å². The molecule has 172 valence electrons. The molecule has 33 heavy (non-hydrogen) atoms. The Kier molecular flexibility index (Phi) is 8.76. The molecule has 3 aromatic carbocycles. The van der Waals surface area contributed by atoms with Crippen molar-refractivity contribution in [3.63, 3.8) is 0 Å². The molecule has 5 heteroatoms. The summed E-state index contributed by atoms with van der Waals surface area (Å²) in [6.45, 7) is 4.61. The molecule has 0 saturated heterocycles. The van der Waals surface area contributed by atoms with Crippen molar-refractivity contribution < 1.29 is 14.0 Å². The minimum absolute atomic E-state index is 0.105. The fourth-order valence-corrected chi connectivity index (χ4v) is 3.78. The van der Waals surface area contributed by atoms with Crippen LogP contribution in [0.5, 0.6) is 0 Å². The second-order valence-corrected chi connectivity index (χ2v) is 8.23. The first-order chi connectivity index (χ1) is 16.0. The van der Waals surface area contributed by atoms with E-state index in [0.29, 0.717) is 19.4 Å². The van der Waals surface area contributed by atoms with Crippen LogP contribution in [0.15, 0.2) is 78.9 Å². The van der Waals surface area contributed by atoms with Gasteiger partial charge in [0.15, 0.2) is 0 Å². The summed E-state index contributed by atoms with van der Waals surface area (Å²) in [7, 11) is 0. The number of hydrogen-bond acceptors (Lipinski definition) is 2. The number of nitrogens with zero attached hydrogens (tertiary/aromatic N) is 1. The largest absolute Gasteiger partial charge is 0.355 e. The van der Waals surface area contributed by atoms with Gasteiger partial charge in [-0.15, -0.1) is 0 Å². The van der Waals surface area contributed by atoms with E-state index in [9.17, 15) is 14.0 Å². The Morgan fingerprint density at radius 3 is 2.15 bits per heavy atom. The number of hydrogen-bond donors (Lipinski definition) is 1. The highest BCUT2D eigenvalue weighted by Crippen LogP contribution is 2.17. The molecule has 0 bridgehead atoms. The van der Waals surface area contributed by atoms with Gasteiger partial charge in [0.05, 0.1) is 0 Å². The zero-order valence-electron chi connectivity index (χ0n) is 19.3. The molecule has 0 unspecified atom stereocenters. The number of amides is 2. The predicted molar refractivity (Wildman–Crippen MR) is 129 cm³/mol. The Morgan fingerprint density at radius 2 is 1.52 bits per heavy atom. The number of nitrogens with one attached hydrogen (secondary N) is 1. The highest BCUT2D eigenvalue weighted by molar-refractivity contribution is 5.88. The van der Waals surface area contributed by atoms with Crippen molar-refractivity contribution in [1.29, 1.82) is 0 Å². The van der Waals surface area contributed by atoms with Crippen molar-refractivity contribution in [2.24, 2.45) is 0 Å². The smallest absolute Gasteiger partial charge is 0.243 e. The third-order valence-electron chi connectivity index (χ3n) is 5.64. The number of carbonyl (C=O) groups is 2. The second kappa shape index (κ2) is 12.0. The van der Waals surface area contributed by atoms with Gasteiger partial charge in [0.1, 0.15) is 11.9 Å². The van der Waals surface area contributed by atoms with E-state index in [1.54, 1.807) is 17.0 Å². The predicted octanol–water partition coefficient (Wildman–Crippen LogP) is 4.84. The Bertz CT molecular complexity index is 1030. The summed E-state index contributed by atoms with van der Waals surface area (Å²) >= 11 is 0. The molecule has 0 aliphatic carbocycles. The van der Waals surface area contributed by atoms with E-state index >= 15 is 0 Å². The average Bonchev–Trinajstić information content (AvgIpc) is 2.82. The maximum absolute atomic E-state index is 13.5. The fourth-order valence-electron chi connectivity index (χ4n) is 3.78. The second-order valence-electron chi connectivity index (χ2n) is 8.23. The molecule has 2 amide bonds. The summed E-state index contributed by atoms with van der Waals surface area (Å²) in [6.07, 6.45) is 1.28. The lowest BCUT2D eigenvalue weighted by molar-refractivity contribution is -0.141. The van der Waals surface area contributed by atoms with Crippen LogP contribution < -0.4 is 5.32 Å². The van der Waals surface area contributed by atoms with Gasteiger partial charge in [0.25, 0.3) is 0 Å². The van der Waals surface area contributed by atoms with Gasteiger partial charge in [-0.2, -0.15) is 0 Å². The van der Waals surface area contributed by atoms with E-state index in [1.165, 1.54) is 17.7 Å². The number of aryl methyl sites for hydroxylation is 2. The van der Waals surface area contributed by atoms with Gasteiger partial charge in [-0.25, -0.2) is 4.39 Å². The molecule has 0 radical (unpaired) electrons. The molecule has 0 aliphatic rings. The van der Waals surface area contributed by atoms with Gasteiger partial charge in [-0.05, 0) is 49.1 Å². The first-order valence-corrected chi connectivity index (χ1v) is 11.4. The summed E-state index contributed by atoms with van der Waals surface area (Å²) in [5, 5.41) is 2.88. The standard InChI is InChI=1S/C28H31FN2O2/c1-3-30-28(33)26(19-23-7-5-4-6-8-23)31(20-24-13-16-25(29)17-14-24)27(32)18-15-22-11-9-21(2)10-12-22/h4-14,16-17,26H,3,15,18-20H2,1-2H3,(H,30,33)/t26-/m1/s1. The molecule has 0 fully saturated rings. The average molecular weight is 447 g/mol. The van der Waals surface area contributed by atoms with Gasteiger partial charge in [0, 0.05) is 25.9 Å². The Morgan fingerprint density at radius 1 is 0.879 bits per heavy atom. The lowest BCUT2D eigenvalue weighted by atomic mass is 10.0. The van der Waals surface area contributed by atoms with Gasteiger partial charge < -0.3 is 10.2 Å². The summed E-state index contributed by atoms with van der Waals surface area (Å²) in [6, 6.07) is 23.2. The van der Waals surface area contributed by atoms with Gasteiger partial charge in [0.2, 0.25) is 11.8 Å². The molecule has 3 rings (SSSR count). The van der Waals surface area contributed by atoms with Crippen molar-refractivity contribution in [2.45, 2.75) is 45.7 Å². The van der Waals surface area contributed by atoms with Crippen LogP contribution in [-0.2, 0) is 29.0 Å². The van der Waals surface area contributed by atoms with Gasteiger partial charge in [-0.3, -0.25) is 9.59 Å². The molecule has 3 aromatic rings. The lowest BCUT2D eigenvalue weighted by Gasteiger charge is -2.31. The SMILES string of the molecule is CCNC(=O)[C@@H](Cc1ccccc1)N(Cc1ccc(F)cc1)C(=O)CCc1ccc(C)cc1. The van der Waals surface area contributed by atoms with E-state index in [0.717, 1.165) is 16.7 Å². The maximum Gasteiger partial charge on any atom is 0.243 e. The van der Waals surface area contributed by atoms with E-state index < -0.39 is 6.04 Å². The first kappa shape index (κ1) is 24.2. The number of likely N-dealkylation sites (N-methyl/N-ethyl adjacent to an activating group) is 1. The normalized spacial score (nSPS) is 11.6. The van der Waals surface area contributed by atoms with Crippen LogP contribution in [0.3, 0.4) is 0 Å². The van der Waals surface area contributed by atoms with Crippen LogP contribution in [0.1, 0.15) is 35.6 Å². The third-order valence-corrected chi connectivity index (χ3v) is 5.64. The summed E-state index contributed by atoms with van der Waals surface area (Å²) in [5.74, 6) is -0.625. The van der Waals surface area contributed by atoms with Crippen molar-refractivity contribution in [3.8, 4) is 0 Å². The molecule has 0 spiro atoms. The fraction of sp³-hybridized carbons (Fsp3) is 0.286. The van der Waals surface area contributed by atoms with E-state index in [-0.39, 0.29) is 30.6 Å². The van der Waals surface area contributed by atoms with Crippen LogP contribution in [0.25, 0.3) is 0 Å².